The molecule has 1 N–H and O–H groups in total. The Morgan fingerprint density at radius 2 is 2.12 bits per heavy atom. The lowest BCUT2D eigenvalue weighted by molar-refractivity contribution is -0.0170. The predicted octanol–water partition coefficient (Wildman–Crippen LogP) is 4.65. The summed E-state index contributed by atoms with van der Waals surface area (Å²) >= 11 is 9.54. The molecule has 0 radical (unpaired) electrons. The van der Waals surface area contributed by atoms with Gasteiger partial charge in [-0.25, -0.2) is 0 Å². The average molecular weight is 423 g/mol. The van der Waals surface area contributed by atoms with E-state index >= 15 is 0 Å². The van der Waals surface area contributed by atoms with Gasteiger partial charge in [0.15, 0.2) is 12.6 Å². The third kappa shape index (κ3) is 3.38. The number of hydrogen-bond acceptors (Lipinski definition) is 4. The molecule has 0 saturated carbocycles. The number of ether oxygens (including phenoxy) is 2. The Morgan fingerprint density at radius 1 is 1.24 bits per heavy atom. The van der Waals surface area contributed by atoms with Crippen molar-refractivity contribution in [3.05, 3.63) is 62.8 Å². The van der Waals surface area contributed by atoms with Gasteiger partial charge >= 0.3 is 0 Å². The zero-order valence-corrected chi connectivity index (χ0v) is 15.3. The van der Waals surface area contributed by atoms with E-state index in [0.717, 1.165) is 21.0 Å². The minimum atomic E-state index is -0.298. The smallest absolute Gasteiger partial charge is 0.287 e. The molecule has 2 aromatic carbocycles. The lowest BCUT2D eigenvalue weighted by atomic mass is 10.1. The van der Waals surface area contributed by atoms with Crippen LogP contribution in [0.2, 0.25) is 5.02 Å². The van der Waals surface area contributed by atoms with Crippen LogP contribution in [0.4, 0.5) is 0 Å². The van der Waals surface area contributed by atoms with E-state index in [9.17, 15) is 4.79 Å². The van der Waals surface area contributed by atoms with Crippen molar-refractivity contribution in [1.29, 1.82) is 0 Å². The number of carbonyl (C=O) groups excluding carboxylic acids is 1. The minimum Gasteiger partial charge on any atom is -0.467 e. The van der Waals surface area contributed by atoms with E-state index in [1.807, 2.05) is 18.2 Å². The van der Waals surface area contributed by atoms with Gasteiger partial charge < -0.3 is 19.2 Å². The van der Waals surface area contributed by atoms with E-state index in [1.54, 1.807) is 18.2 Å². The number of fused-ring (bicyclic) bond motifs is 2. The molecule has 5 nitrogen and oxygen atoms in total. The fourth-order valence-corrected chi connectivity index (χ4v) is 3.42. The summed E-state index contributed by atoms with van der Waals surface area (Å²) in [5.41, 5.74) is 2.34. The number of nitrogens with one attached hydrogen (secondary N) is 1. The van der Waals surface area contributed by atoms with Gasteiger partial charge in [-0.15, -0.1) is 0 Å². The molecular formula is C18H13BrClNO4. The van der Waals surface area contributed by atoms with Gasteiger partial charge in [0.05, 0.1) is 6.61 Å². The standard InChI is InChI=1S/C18H13BrClNO4/c19-13-1-2-15-10(3-13)6-16(25-15)18(22)21-7-11-4-14(20)5-12-8-23-9-24-17(11)12/h1-6H,7-9H2,(H,21,22). The Morgan fingerprint density at radius 3 is 3.00 bits per heavy atom. The quantitative estimate of drug-likeness (QED) is 0.668. The first-order valence-corrected chi connectivity index (χ1v) is 8.76. The second kappa shape index (κ2) is 6.71. The Labute approximate surface area is 157 Å². The average Bonchev–Trinajstić information content (AvgIpc) is 3.02. The third-order valence-corrected chi connectivity index (χ3v) is 4.60. The maximum absolute atomic E-state index is 12.4. The second-order valence-electron chi connectivity index (χ2n) is 5.64. The highest BCUT2D eigenvalue weighted by Crippen LogP contribution is 2.31. The first-order chi connectivity index (χ1) is 12.1. The first-order valence-electron chi connectivity index (χ1n) is 7.59. The molecule has 0 fully saturated rings. The normalized spacial score (nSPS) is 13.4. The molecule has 0 bridgehead atoms. The Kier molecular flexibility index (Phi) is 4.41. The Hall–Kier alpha value is -2.02. The summed E-state index contributed by atoms with van der Waals surface area (Å²) in [6.07, 6.45) is 0. The maximum Gasteiger partial charge on any atom is 0.287 e. The molecule has 1 aromatic heterocycles. The van der Waals surface area contributed by atoms with Crippen molar-refractivity contribution in [1.82, 2.24) is 5.32 Å². The maximum atomic E-state index is 12.4. The molecule has 0 saturated heterocycles. The zero-order valence-electron chi connectivity index (χ0n) is 13.0. The van der Waals surface area contributed by atoms with Gasteiger partial charge in [-0.3, -0.25) is 4.79 Å². The predicted molar refractivity (Wildman–Crippen MR) is 96.8 cm³/mol. The van der Waals surface area contributed by atoms with Gasteiger partial charge in [0.25, 0.3) is 5.91 Å². The van der Waals surface area contributed by atoms with Crippen LogP contribution >= 0.6 is 27.5 Å². The molecular weight excluding hydrogens is 410 g/mol. The fraction of sp³-hybridized carbons (Fsp3) is 0.167. The van der Waals surface area contributed by atoms with Gasteiger partial charge in [0, 0.05) is 32.6 Å². The molecule has 1 aliphatic heterocycles. The monoisotopic (exact) mass is 421 g/mol. The van der Waals surface area contributed by atoms with Crippen LogP contribution in [-0.2, 0) is 17.9 Å². The minimum absolute atomic E-state index is 0.189. The SMILES string of the molecule is O=C(NCc1cc(Cl)cc2c1OCOC2)c1cc2cc(Br)ccc2o1. The molecule has 2 heterocycles. The Bertz CT molecular complexity index is 969. The van der Waals surface area contributed by atoms with Gasteiger partial charge in [-0.2, -0.15) is 0 Å². The van der Waals surface area contributed by atoms with Gasteiger partial charge in [-0.05, 0) is 36.4 Å². The summed E-state index contributed by atoms with van der Waals surface area (Å²) < 4.78 is 17.3. The summed E-state index contributed by atoms with van der Waals surface area (Å²) in [7, 11) is 0. The van der Waals surface area contributed by atoms with Crippen LogP contribution in [0.1, 0.15) is 21.7 Å². The van der Waals surface area contributed by atoms with Crippen LogP contribution in [0.5, 0.6) is 5.75 Å². The summed E-state index contributed by atoms with van der Waals surface area (Å²) in [5.74, 6) is 0.672. The van der Waals surface area contributed by atoms with E-state index in [0.29, 0.717) is 23.0 Å². The summed E-state index contributed by atoms with van der Waals surface area (Å²) in [6.45, 7) is 0.909. The van der Waals surface area contributed by atoms with Gasteiger partial charge in [-0.1, -0.05) is 27.5 Å². The molecule has 0 spiro atoms. The highest BCUT2D eigenvalue weighted by atomic mass is 79.9. The molecule has 7 heteroatoms. The molecule has 25 heavy (non-hydrogen) atoms. The lowest BCUT2D eigenvalue weighted by Gasteiger charge is -2.21. The van der Waals surface area contributed by atoms with Gasteiger partial charge in [0.1, 0.15) is 11.3 Å². The van der Waals surface area contributed by atoms with Crippen LogP contribution in [-0.4, -0.2) is 12.7 Å². The molecule has 1 amide bonds. The van der Waals surface area contributed by atoms with E-state index in [4.69, 9.17) is 25.5 Å². The second-order valence-corrected chi connectivity index (χ2v) is 6.99. The number of furan rings is 1. The molecule has 3 aromatic rings. The Balaban J connectivity index is 1.54. The lowest BCUT2D eigenvalue weighted by Crippen LogP contribution is -2.23. The summed E-state index contributed by atoms with van der Waals surface area (Å²) in [4.78, 5) is 12.4. The van der Waals surface area contributed by atoms with E-state index in [-0.39, 0.29) is 25.0 Å². The number of benzene rings is 2. The summed E-state index contributed by atoms with van der Waals surface area (Å²) in [6, 6.07) is 10.9. The van der Waals surface area contributed by atoms with Crippen molar-refractivity contribution in [2.45, 2.75) is 13.2 Å². The first kappa shape index (κ1) is 16.4. The zero-order chi connectivity index (χ0) is 17.4. The van der Waals surface area contributed by atoms with Crippen LogP contribution in [0.15, 0.2) is 45.3 Å². The van der Waals surface area contributed by atoms with Crippen LogP contribution < -0.4 is 10.1 Å². The highest BCUT2D eigenvalue weighted by molar-refractivity contribution is 9.10. The number of rotatable bonds is 3. The molecule has 1 aliphatic rings. The van der Waals surface area contributed by atoms with Gasteiger partial charge in [0.2, 0.25) is 0 Å². The van der Waals surface area contributed by atoms with E-state index < -0.39 is 0 Å². The number of amides is 1. The van der Waals surface area contributed by atoms with Crippen molar-refractivity contribution in [2.75, 3.05) is 6.79 Å². The fourth-order valence-electron chi connectivity index (χ4n) is 2.78. The molecule has 0 unspecified atom stereocenters. The van der Waals surface area contributed by atoms with Crippen molar-refractivity contribution in [2.24, 2.45) is 0 Å². The van der Waals surface area contributed by atoms with E-state index in [2.05, 4.69) is 21.2 Å². The van der Waals surface area contributed by atoms with Crippen LogP contribution in [0.3, 0.4) is 0 Å². The van der Waals surface area contributed by atoms with Crippen LogP contribution in [0, 0.1) is 0 Å². The third-order valence-electron chi connectivity index (χ3n) is 3.89. The van der Waals surface area contributed by atoms with Crippen molar-refractivity contribution in [3.8, 4) is 5.75 Å². The molecule has 4 rings (SSSR count). The number of carbonyl (C=O) groups is 1. The van der Waals surface area contributed by atoms with Crippen LogP contribution in [0.25, 0.3) is 11.0 Å². The van der Waals surface area contributed by atoms with Crippen molar-refractivity contribution in [3.63, 3.8) is 0 Å². The van der Waals surface area contributed by atoms with Crippen molar-refractivity contribution >= 4 is 44.4 Å². The largest absolute Gasteiger partial charge is 0.467 e. The number of halogens is 2. The molecule has 0 aliphatic carbocycles. The molecule has 128 valence electrons. The number of hydrogen-bond donors (Lipinski definition) is 1. The molecule has 0 atom stereocenters. The summed E-state index contributed by atoms with van der Waals surface area (Å²) in [5, 5.41) is 4.28. The van der Waals surface area contributed by atoms with E-state index in [1.165, 1.54) is 0 Å². The topological polar surface area (TPSA) is 60.7 Å². The highest BCUT2D eigenvalue weighted by Gasteiger charge is 2.18. The van der Waals surface area contributed by atoms with Crippen molar-refractivity contribution < 1.29 is 18.7 Å².